The lowest BCUT2D eigenvalue weighted by Gasteiger charge is -2.59. The van der Waals surface area contributed by atoms with Crippen molar-refractivity contribution < 1.29 is 29.1 Å². The fourth-order valence-electron chi connectivity index (χ4n) is 8.83. The summed E-state index contributed by atoms with van der Waals surface area (Å²) in [7, 11) is 1.30. The summed E-state index contributed by atoms with van der Waals surface area (Å²) < 4.78 is 4.87. The maximum absolute atomic E-state index is 12.6. The number of esters is 1. The van der Waals surface area contributed by atoms with Crippen LogP contribution in [0, 0.1) is 28.6 Å². The molecule has 8 heteroatoms. The number of nitrogens with zero attached hydrogens (tertiary/aromatic N) is 1. The van der Waals surface area contributed by atoms with E-state index < -0.39 is 23.5 Å². The third-order valence-electron chi connectivity index (χ3n) is 11.2. The number of rotatable bonds is 8. The second-order valence-corrected chi connectivity index (χ2v) is 13.1. The average Bonchev–Trinajstić information content (AvgIpc) is 3.24. The Balaban J connectivity index is 1.20. The number of ketones is 1. The highest BCUT2D eigenvalue weighted by Gasteiger charge is 2.65. The van der Waals surface area contributed by atoms with Crippen LogP contribution in [0.15, 0.2) is 47.1 Å². The Kier molecular flexibility index (Phi) is 8.16. The second-order valence-electron chi connectivity index (χ2n) is 13.1. The van der Waals surface area contributed by atoms with Gasteiger partial charge >= 0.3 is 5.97 Å². The van der Waals surface area contributed by atoms with Crippen molar-refractivity contribution in [3.8, 4) is 0 Å². The number of carbonyl (C=O) groups is 3. The van der Waals surface area contributed by atoms with Gasteiger partial charge in [-0.05, 0) is 93.1 Å². The summed E-state index contributed by atoms with van der Waals surface area (Å²) in [5, 5.41) is 18.4. The molecular weight excluding hydrogens is 520 g/mol. The van der Waals surface area contributed by atoms with E-state index in [0.717, 1.165) is 56.2 Å². The summed E-state index contributed by atoms with van der Waals surface area (Å²) in [5.74, 6) is 0.409. The van der Waals surface area contributed by atoms with Crippen molar-refractivity contribution in [2.75, 3.05) is 13.7 Å². The van der Waals surface area contributed by atoms with Crippen molar-refractivity contribution in [2.45, 2.75) is 90.2 Å². The van der Waals surface area contributed by atoms with E-state index in [9.17, 15) is 19.5 Å². The van der Waals surface area contributed by atoms with E-state index in [0.29, 0.717) is 30.6 Å². The quantitative estimate of drug-likeness (QED) is 0.354. The summed E-state index contributed by atoms with van der Waals surface area (Å²) in [5.41, 5.74) is 1.71. The Morgan fingerprint density at radius 2 is 1.78 bits per heavy atom. The fourth-order valence-corrected chi connectivity index (χ4v) is 8.83. The van der Waals surface area contributed by atoms with Crippen LogP contribution >= 0.6 is 0 Å². The molecule has 3 saturated carbocycles. The number of nitrogens with one attached hydrogen (secondary N) is 1. The minimum atomic E-state index is -1.19. The highest BCUT2D eigenvalue weighted by Crippen LogP contribution is 2.67. The SMILES string of the molecule is COC(=O)[C@H](Cc1ccccc1)NC(=O)CO/N=C1\C=C2CC[C@@H]3[C@H](CC[C@@]4(C)[C@H]3CC[C@]4(O)C(C)=O)[C@@]2(C)CC1. The number of aliphatic hydroxyl groups is 1. The van der Waals surface area contributed by atoms with Crippen LogP contribution in [0.2, 0.25) is 0 Å². The summed E-state index contributed by atoms with van der Waals surface area (Å²) in [4.78, 5) is 42.8. The minimum absolute atomic E-state index is 0.0722. The van der Waals surface area contributed by atoms with Crippen molar-refractivity contribution in [1.82, 2.24) is 5.32 Å². The Morgan fingerprint density at radius 3 is 2.49 bits per heavy atom. The van der Waals surface area contributed by atoms with Crippen molar-refractivity contribution in [1.29, 1.82) is 0 Å². The molecule has 4 aliphatic rings. The van der Waals surface area contributed by atoms with Gasteiger partial charge in [0.15, 0.2) is 12.4 Å². The van der Waals surface area contributed by atoms with Gasteiger partial charge in [0.2, 0.25) is 0 Å². The van der Waals surface area contributed by atoms with Crippen molar-refractivity contribution in [3.05, 3.63) is 47.5 Å². The molecule has 0 saturated heterocycles. The molecular formula is C33H44N2O6. The monoisotopic (exact) mass is 564 g/mol. The molecule has 5 rings (SSSR count). The molecule has 4 aliphatic carbocycles. The number of carbonyl (C=O) groups excluding carboxylic acids is 3. The number of amides is 1. The van der Waals surface area contributed by atoms with Crippen LogP contribution in [0.3, 0.4) is 0 Å². The molecule has 0 aromatic heterocycles. The summed E-state index contributed by atoms with van der Waals surface area (Å²) >= 11 is 0. The van der Waals surface area contributed by atoms with Crippen LogP contribution in [0.5, 0.6) is 0 Å². The van der Waals surface area contributed by atoms with Gasteiger partial charge in [-0.1, -0.05) is 54.9 Å². The Morgan fingerprint density at radius 1 is 1.05 bits per heavy atom. The number of hydrogen-bond acceptors (Lipinski definition) is 7. The molecule has 0 unspecified atom stereocenters. The average molecular weight is 565 g/mol. The van der Waals surface area contributed by atoms with Gasteiger partial charge in [-0.3, -0.25) is 9.59 Å². The standard InChI is InChI=1S/C33H44N2O6/c1-21(36)33(39)17-14-27-25-11-10-23-19-24(12-15-31(23,2)26(25)13-16-32(27,33)3)35-41-20-29(37)34-28(30(38)40-4)18-22-8-6-5-7-9-22/h5-9,19,25-28,39H,10-18,20H2,1-4H3,(H,34,37)/b35-24-/t25-,26+,27+,28+,31+,32+,33+/m1/s1. The van der Waals surface area contributed by atoms with Crippen molar-refractivity contribution in [2.24, 2.45) is 33.7 Å². The molecule has 0 radical (unpaired) electrons. The Bertz CT molecular complexity index is 1240. The fraction of sp³-hybridized carbons (Fsp3) is 0.636. The van der Waals surface area contributed by atoms with Crippen LogP contribution in [0.25, 0.3) is 0 Å². The minimum Gasteiger partial charge on any atom is -0.467 e. The number of methoxy groups -OCH3 is 1. The largest absolute Gasteiger partial charge is 0.467 e. The molecule has 41 heavy (non-hydrogen) atoms. The first-order valence-corrected chi connectivity index (χ1v) is 15.1. The lowest BCUT2D eigenvalue weighted by molar-refractivity contribution is -0.159. The first-order valence-electron chi connectivity index (χ1n) is 15.1. The van der Waals surface area contributed by atoms with Gasteiger partial charge in [-0.15, -0.1) is 0 Å². The van der Waals surface area contributed by atoms with Gasteiger partial charge in [0.1, 0.15) is 11.6 Å². The van der Waals surface area contributed by atoms with Gasteiger partial charge < -0.3 is 20.0 Å². The molecule has 0 bridgehead atoms. The lowest BCUT2D eigenvalue weighted by atomic mass is 9.46. The smallest absolute Gasteiger partial charge is 0.328 e. The second kappa shape index (κ2) is 11.3. The number of ether oxygens (including phenoxy) is 1. The van der Waals surface area contributed by atoms with Crippen LogP contribution in [0.1, 0.15) is 77.7 Å². The molecule has 0 spiro atoms. The van der Waals surface area contributed by atoms with Crippen LogP contribution in [0.4, 0.5) is 0 Å². The van der Waals surface area contributed by atoms with Crippen LogP contribution < -0.4 is 5.32 Å². The summed E-state index contributed by atoms with van der Waals surface area (Å²) in [6.45, 7) is 5.81. The first kappa shape index (κ1) is 29.5. The van der Waals surface area contributed by atoms with Gasteiger partial charge in [0, 0.05) is 11.8 Å². The summed E-state index contributed by atoms with van der Waals surface area (Å²) in [6.07, 6.45) is 9.68. The molecule has 1 aromatic carbocycles. The molecule has 8 nitrogen and oxygen atoms in total. The van der Waals surface area contributed by atoms with E-state index in [2.05, 4.69) is 30.4 Å². The molecule has 1 amide bonds. The van der Waals surface area contributed by atoms with E-state index in [1.54, 1.807) is 6.92 Å². The molecule has 1 aromatic rings. The number of fused-ring (bicyclic) bond motifs is 5. The molecule has 2 N–H and O–H groups in total. The van der Waals surface area contributed by atoms with Gasteiger partial charge in [0.25, 0.3) is 5.91 Å². The van der Waals surface area contributed by atoms with E-state index in [1.165, 1.54) is 12.7 Å². The van der Waals surface area contributed by atoms with Gasteiger partial charge in [-0.25, -0.2) is 4.79 Å². The zero-order valence-corrected chi connectivity index (χ0v) is 24.8. The number of oxime groups is 1. The van der Waals surface area contributed by atoms with E-state index >= 15 is 0 Å². The topological polar surface area (TPSA) is 114 Å². The lowest BCUT2D eigenvalue weighted by Crippen LogP contribution is -2.57. The zero-order valence-electron chi connectivity index (χ0n) is 24.8. The maximum Gasteiger partial charge on any atom is 0.328 e. The van der Waals surface area contributed by atoms with Crippen molar-refractivity contribution >= 4 is 23.4 Å². The molecule has 3 fully saturated rings. The number of hydrogen-bond donors (Lipinski definition) is 2. The third-order valence-corrected chi connectivity index (χ3v) is 11.2. The summed E-state index contributed by atoms with van der Waals surface area (Å²) in [6, 6.07) is 8.65. The predicted octanol–water partition coefficient (Wildman–Crippen LogP) is 4.54. The van der Waals surface area contributed by atoms with Crippen LogP contribution in [-0.4, -0.2) is 53.8 Å². The zero-order chi connectivity index (χ0) is 29.4. The van der Waals surface area contributed by atoms with E-state index in [1.807, 2.05) is 30.3 Å². The van der Waals surface area contributed by atoms with E-state index in [4.69, 9.17) is 9.57 Å². The highest BCUT2D eigenvalue weighted by atomic mass is 16.6. The molecule has 7 atom stereocenters. The Hall–Kier alpha value is -3.00. The number of benzene rings is 1. The molecule has 222 valence electrons. The highest BCUT2D eigenvalue weighted by molar-refractivity contribution is 5.96. The Labute approximate surface area is 242 Å². The van der Waals surface area contributed by atoms with E-state index in [-0.39, 0.29) is 23.2 Å². The van der Waals surface area contributed by atoms with Gasteiger partial charge in [0.05, 0.1) is 12.8 Å². The van der Waals surface area contributed by atoms with Gasteiger partial charge in [-0.2, -0.15) is 0 Å². The predicted molar refractivity (Wildman–Crippen MR) is 155 cm³/mol. The number of allylic oxidation sites excluding steroid dienone is 2. The normalized spacial score (nSPS) is 35.8. The molecule has 0 aliphatic heterocycles. The third kappa shape index (κ3) is 5.24. The maximum atomic E-state index is 12.6. The van der Waals surface area contributed by atoms with Crippen LogP contribution in [-0.2, 0) is 30.4 Å². The first-order chi connectivity index (χ1) is 19.5. The number of Topliss-reactive ketones (excluding diaryl/α,β-unsaturated/α-hetero) is 1. The van der Waals surface area contributed by atoms with Crippen molar-refractivity contribution in [3.63, 3.8) is 0 Å². The molecule has 0 heterocycles.